The van der Waals surface area contributed by atoms with E-state index in [1.807, 2.05) is 30.3 Å². The predicted molar refractivity (Wildman–Crippen MR) is 110 cm³/mol. The summed E-state index contributed by atoms with van der Waals surface area (Å²) in [5.41, 5.74) is 1.05. The van der Waals surface area contributed by atoms with Crippen molar-refractivity contribution < 1.29 is 19.4 Å². The van der Waals surface area contributed by atoms with Crippen LogP contribution in [0.1, 0.15) is 56.9 Å². The Morgan fingerprint density at radius 3 is 2.48 bits per heavy atom. The molecule has 2 aliphatic rings. The van der Waals surface area contributed by atoms with E-state index in [-0.39, 0.29) is 43.2 Å². The van der Waals surface area contributed by atoms with Crippen molar-refractivity contribution in [3.05, 3.63) is 35.9 Å². The minimum Gasteiger partial charge on any atom is -0.394 e. The molecule has 1 aromatic rings. The van der Waals surface area contributed by atoms with Gasteiger partial charge in [-0.3, -0.25) is 4.79 Å². The lowest BCUT2D eigenvalue weighted by Crippen LogP contribution is -2.55. The van der Waals surface area contributed by atoms with E-state index in [0.717, 1.165) is 31.2 Å². The largest absolute Gasteiger partial charge is 0.394 e. The molecule has 1 aromatic carbocycles. The van der Waals surface area contributed by atoms with Crippen molar-refractivity contribution in [1.29, 1.82) is 0 Å². The molecule has 3 rings (SSSR count). The Morgan fingerprint density at radius 1 is 1.00 bits per heavy atom. The fourth-order valence-corrected chi connectivity index (χ4v) is 4.16. The third-order valence-electron chi connectivity index (χ3n) is 5.80. The van der Waals surface area contributed by atoms with Gasteiger partial charge in [0.2, 0.25) is 5.91 Å². The molecule has 1 saturated heterocycles. The maximum absolute atomic E-state index is 12.3. The van der Waals surface area contributed by atoms with Crippen molar-refractivity contribution in [2.45, 2.75) is 82.2 Å². The number of aliphatic hydroxyl groups excluding tert-OH is 1. The second kappa shape index (κ2) is 11.2. The summed E-state index contributed by atoms with van der Waals surface area (Å²) >= 11 is 0. The smallest absolute Gasteiger partial charge is 0.315 e. The maximum Gasteiger partial charge on any atom is 0.315 e. The minimum atomic E-state index is -0.493. The molecule has 4 N–H and O–H groups in total. The van der Waals surface area contributed by atoms with Crippen LogP contribution < -0.4 is 16.0 Å². The highest BCUT2D eigenvalue weighted by Crippen LogP contribution is 2.22. The summed E-state index contributed by atoms with van der Waals surface area (Å²) in [5, 5.41) is 18.6. The number of urea groups is 1. The number of aliphatic hydroxyl groups is 1. The fourth-order valence-electron chi connectivity index (χ4n) is 4.16. The van der Waals surface area contributed by atoms with Crippen molar-refractivity contribution >= 4 is 11.9 Å². The van der Waals surface area contributed by atoms with Gasteiger partial charge < -0.3 is 25.8 Å². The number of carbonyl (C=O) groups is 2. The number of hydrogen-bond acceptors (Lipinski definition) is 4. The molecule has 1 saturated carbocycles. The van der Waals surface area contributed by atoms with Crippen molar-refractivity contribution in [2.24, 2.45) is 0 Å². The third kappa shape index (κ3) is 7.01. The number of rotatable bonds is 7. The standard InChI is InChI=1S/C22H33N3O4/c26-15-20-19(25-22(28)24-17-9-5-2-6-10-17)12-11-18(29-20)13-21(27)23-14-16-7-3-1-4-8-16/h1,3-4,7-8,17-20,26H,2,5-6,9-15H2,(H,23,27)(H2,24,25,28)/t18-,19+,20+/m0/s1. The molecule has 3 atom stereocenters. The summed E-state index contributed by atoms with van der Waals surface area (Å²) < 4.78 is 5.91. The quantitative estimate of drug-likeness (QED) is 0.561. The van der Waals surface area contributed by atoms with Crippen molar-refractivity contribution in [3.8, 4) is 0 Å². The molecule has 29 heavy (non-hydrogen) atoms. The summed E-state index contributed by atoms with van der Waals surface area (Å²) in [6.07, 6.45) is 6.47. The van der Waals surface area contributed by atoms with Crippen LogP contribution in [0.3, 0.4) is 0 Å². The highest BCUT2D eigenvalue weighted by Gasteiger charge is 2.33. The molecule has 1 heterocycles. The van der Waals surface area contributed by atoms with Crippen LogP contribution in [-0.4, -0.2) is 47.9 Å². The van der Waals surface area contributed by atoms with Crippen LogP contribution >= 0.6 is 0 Å². The molecule has 1 aliphatic carbocycles. The zero-order valence-electron chi connectivity index (χ0n) is 16.9. The summed E-state index contributed by atoms with van der Waals surface area (Å²) in [6, 6.07) is 9.55. The van der Waals surface area contributed by atoms with Crippen LogP contribution in [-0.2, 0) is 16.1 Å². The lowest BCUT2D eigenvalue weighted by Gasteiger charge is -2.36. The number of hydrogen-bond donors (Lipinski definition) is 4. The van der Waals surface area contributed by atoms with Crippen LogP contribution in [0.4, 0.5) is 4.79 Å². The summed E-state index contributed by atoms with van der Waals surface area (Å²) in [6.45, 7) is 0.303. The Labute approximate surface area is 172 Å². The van der Waals surface area contributed by atoms with Crippen molar-refractivity contribution in [3.63, 3.8) is 0 Å². The van der Waals surface area contributed by atoms with Gasteiger partial charge in [0.05, 0.1) is 25.2 Å². The molecule has 0 spiro atoms. The first-order valence-corrected chi connectivity index (χ1v) is 10.8. The predicted octanol–water partition coefficient (Wildman–Crippen LogP) is 2.23. The first-order chi connectivity index (χ1) is 14.1. The SMILES string of the molecule is O=C(C[C@@H]1CC[C@@H](NC(=O)NC2CCCCC2)[C@@H](CO)O1)NCc1ccccc1. The molecule has 3 amide bonds. The topological polar surface area (TPSA) is 99.7 Å². The Hall–Kier alpha value is -2.12. The molecule has 1 aliphatic heterocycles. The molecule has 160 valence electrons. The highest BCUT2D eigenvalue weighted by atomic mass is 16.5. The Kier molecular flexibility index (Phi) is 8.31. The average molecular weight is 404 g/mol. The zero-order chi connectivity index (χ0) is 20.5. The molecule has 0 unspecified atom stereocenters. The second-order valence-corrected chi connectivity index (χ2v) is 8.08. The Bertz CT molecular complexity index is 649. The van der Waals surface area contributed by atoms with Crippen LogP contribution in [0.25, 0.3) is 0 Å². The van der Waals surface area contributed by atoms with Crippen molar-refractivity contribution in [2.75, 3.05) is 6.61 Å². The molecular weight excluding hydrogens is 370 g/mol. The minimum absolute atomic E-state index is 0.0722. The molecule has 0 radical (unpaired) electrons. The van der Waals surface area contributed by atoms with E-state index in [0.29, 0.717) is 19.4 Å². The second-order valence-electron chi connectivity index (χ2n) is 8.08. The Balaban J connectivity index is 1.40. The van der Waals surface area contributed by atoms with E-state index in [1.54, 1.807) is 0 Å². The van der Waals surface area contributed by atoms with E-state index in [1.165, 1.54) is 6.42 Å². The van der Waals surface area contributed by atoms with E-state index in [9.17, 15) is 14.7 Å². The van der Waals surface area contributed by atoms with E-state index >= 15 is 0 Å². The monoisotopic (exact) mass is 403 g/mol. The van der Waals surface area contributed by atoms with Gasteiger partial charge in [0.1, 0.15) is 6.10 Å². The van der Waals surface area contributed by atoms with Gasteiger partial charge in [-0.05, 0) is 31.2 Å². The van der Waals surface area contributed by atoms with E-state index < -0.39 is 6.10 Å². The summed E-state index contributed by atoms with van der Waals surface area (Å²) in [5.74, 6) is -0.0722. The van der Waals surface area contributed by atoms with Gasteiger partial charge in [0.25, 0.3) is 0 Å². The average Bonchev–Trinajstić information content (AvgIpc) is 2.74. The lowest BCUT2D eigenvalue weighted by atomic mass is 9.95. The van der Waals surface area contributed by atoms with Crippen LogP contribution in [0.5, 0.6) is 0 Å². The van der Waals surface area contributed by atoms with Crippen LogP contribution in [0, 0.1) is 0 Å². The van der Waals surface area contributed by atoms with E-state index in [2.05, 4.69) is 16.0 Å². The maximum atomic E-state index is 12.3. The zero-order valence-corrected chi connectivity index (χ0v) is 16.9. The van der Waals surface area contributed by atoms with Gasteiger partial charge in [0.15, 0.2) is 0 Å². The first kappa shape index (κ1) is 21.6. The van der Waals surface area contributed by atoms with Gasteiger partial charge >= 0.3 is 6.03 Å². The van der Waals surface area contributed by atoms with Gasteiger partial charge in [-0.15, -0.1) is 0 Å². The van der Waals surface area contributed by atoms with Crippen molar-refractivity contribution in [1.82, 2.24) is 16.0 Å². The lowest BCUT2D eigenvalue weighted by molar-refractivity contribution is -0.130. The Morgan fingerprint density at radius 2 is 1.76 bits per heavy atom. The van der Waals surface area contributed by atoms with Crippen LogP contribution in [0.15, 0.2) is 30.3 Å². The van der Waals surface area contributed by atoms with Gasteiger partial charge in [0, 0.05) is 12.6 Å². The van der Waals surface area contributed by atoms with Gasteiger partial charge in [-0.1, -0.05) is 49.6 Å². The number of carbonyl (C=O) groups excluding carboxylic acids is 2. The molecule has 0 bridgehead atoms. The highest BCUT2D eigenvalue weighted by molar-refractivity contribution is 5.76. The number of ether oxygens (including phenoxy) is 1. The van der Waals surface area contributed by atoms with Gasteiger partial charge in [-0.2, -0.15) is 0 Å². The summed E-state index contributed by atoms with van der Waals surface area (Å²) in [4.78, 5) is 24.5. The van der Waals surface area contributed by atoms with E-state index in [4.69, 9.17) is 4.74 Å². The number of benzene rings is 1. The number of amides is 3. The molecular formula is C22H33N3O4. The molecule has 2 fully saturated rings. The number of nitrogens with one attached hydrogen (secondary N) is 3. The van der Waals surface area contributed by atoms with Crippen LogP contribution in [0.2, 0.25) is 0 Å². The molecule has 7 nitrogen and oxygen atoms in total. The first-order valence-electron chi connectivity index (χ1n) is 10.8. The normalized spacial score (nSPS) is 25.2. The van der Waals surface area contributed by atoms with Gasteiger partial charge in [-0.25, -0.2) is 4.79 Å². The fraction of sp³-hybridized carbons (Fsp3) is 0.636. The summed E-state index contributed by atoms with van der Waals surface area (Å²) in [7, 11) is 0. The molecule has 0 aromatic heterocycles. The molecule has 7 heteroatoms. The third-order valence-corrected chi connectivity index (χ3v) is 5.80.